The first-order chi connectivity index (χ1) is 16.7. The first-order valence-electron chi connectivity index (χ1n) is 13.0. The first-order valence-corrected chi connectivity index (χ1v) is 13.8. The average Bonchev–Trinajstić information content (AvgIpc) is 3.23. The number of anilines is 1. The number of aromatic nitrogens is 1. The molecule has 1 fully saturated rings. The molecule has 2 heterocycles. The minimum atomic E-state index is 0. The molecule has 0 saturated carbocycles. The fraction of sp³-hybridized carbons (Fsp3) is 0.433. The molecular weight excluding hydrogens is 514 g/mol. The van der Waals surface area contributed by atoms with Gasteiger partial charge in [-0.25, -0.2) is 0 Å². The number of thiazole rings is 1. The SMILES string of the molecule is C=CC[n+]1c(/C=C/c2ccc(N3CCN(C(C)CCCCCC)CC3)cc2)sc2ccccc21.[Br-]. The number of hydrogen-bond acceptors (Lipinski definition) is 3. The molecule has 0 bridgehead atoms. The summed E-state index contributed by atoms with van der Waals surface area (Å²) in [5, 5.41) is 1.25. The lowest BCUT2D eigenvalue weighted by Crippen LogP contribution is -3.00. The van der Waals surface area contributed by atoms with Crippen molar-refractivity contribution in [3.8, 4) is 0 Å². The lowest BCUT2D eigenvalue weighted by atomic mass is 10.1. The molecule has 2 aromatic carbocycles. The van der Waals surface area contributed by atoms with Crippen LogP contribution < -0.4 is 26.4 Å². The number of piperazine rings is 1. The number of benzene rings is 2. The maximum atomic E-state index is 3.94. The summed E-state index contributed by atoms with van der Waals surface area (Å²) in [6, 6.07) is 18.4. The fourth-order valence-corrected chi connectivity index (χ4v) is 6.00. The molecule has 4 rings (SSSR count). The predicted molar refractivity (Wildman–Crippen MR) is 150 cm³/mol. The fourth-order valence-electron chi connectivity index (χ4n) is 4.93. The topological polar surface area (TPSA) is 10.4 Å². The van der Waals surface area contributed by atoms with E-state index in [0.717, 1.165) is 19.6 Å². The summed E-state index contributed by atoms with van der Waals surface area (Å²) in [7, 11) is 0. The number of para-hydroxylation sites is 1. The second-order valence-corrected chi connectivity index (χ2v) is 10.5. The van der Waals surface area contributed by atoms with Gasteiger partial charge in [0.15, 0.2) is 6.54 Å². The molecule has 1 aliphatic rings. The van der Waals surface area contributed by atoms with Crippen LogP contribution in [0.4, 0.5) is 5.69 Å². The van der Waals surface area contributed by atoms with Gasteiger partial charge in [-0.05, 0) is 49.3 Å². The Morgan fingerprint density at radius 3 is 2.43 bits per heavy atom. The highest BCUT2D eigenvalue weighted by atomic mass is 79.9. The monoisotopic (exact) mass is 553 g/mol. The molecule has 1 saturated heterocycles. The Labute approximate surface area is 226 Å². The Hall–Kier alpha value is -1.95. The van der Waals surface area contributed by atoms with Gasteiger partial charge in [-0.1, -0.05) is 74.8 Å². The number of fused-ring (bicyclic) bond motifs is 1. The van der Waals surface area contributed by atoms with Gasteiger partial charge in [0.1, 0.15) is 4.70 Å². The Bertz CT molecular complexity index is 1080. The number of allylic oxidation sites excluding steroid dienone is 1. The van der Waals surface area contributed by atoms with Gasteiger partial charge in [0, 0.05) is 50.1 Å². The summed E-state index contributed by atoms with van der Waals surface area (Å²) in [4.78, 5) is 5.22. The van der Waals surface area contributed by atoms with Gasteiger partial charge in [-0.15, -0.1) is 0 Å². The van der Waals surface area contributed by atoms with E-state index in [2.05, 4.69) is 95.5 Å². The van der Waals surface area contributed by atoms with E-state index >= 15 is 0 Å². The normalized spacial score (nSPS) is 15.4. The van der Waals surface area contributed by atoms with Crippen LogP contribution in [0.2, 0.25) is 0 Å². The van der Waals surface area contributed by atoms with Crippen LogP contribution in [0.1, 0.15) is 56.5 Å². The van der Waals surface area contributed by atoms with Crippen molar-refractivity contribution in [2.24, 2.45) is 0 Å². The molecule has 0 spiro atoms. The van der Waals surface area contributed by atoms with E-state index in [9.17, 15) is 0 Å². The van der Waals surface area contributed by atoms with Crippen molar-refractivity contribution in [2.45, 2.75) is 58.5 Å². The van der Waals surface area contributed by atoms with Crippen molar-refractivity contribution >= 4 is 39.4 Å². The summed E-state index contributed by atoms with van der Waals surface area (Å²) in [6.45, 7) is 14.1. The molecule has 0 N–H and O–H groups in total. The van der Waals surface area contributed by atoms with Gasteiger partial charge in [0.05, 0.1) is 0 Å². The summed E-state index contributed by atoms with van der Waals surface area (Å²) in [5.74, 6) is 0. The third kappa shape index (κ3) is 7.28. The van der Waals surface area contributed by atoms with Crippen LogP contribution in [0.3, 0.4) is 0 Å². The molecule has 35 heavy (non-hydrogen) atoms. The van der Waals surface area contributed by atoms with E-state index in [-0.39, 0.29) is 17.0 Å². The van der Waals surface area contributed by atoms with Gasteiger partial charge < -0.3 is 21.9 Å². The standard InChI is InChI=1S/C30H40N3S.BrH/c1-4-6-7-8-11-25(3)31-21-23-32(24-22-31)27-17-14-26(15-18-27)16-19-30-33(20-5-2)28-12-9-10-13-29(28)34-30;/h5,9-10,12-19,25H,2,4,6-8,11,20-24H2,1,3H3;1H/q+1;/p-1. The summed E-state index contributed by atoms with van der Waals surface area (Å²) in [6.07, 6.45) is 13.2. The van der Waals surface area contributed by atoms with Crippen molar-refractivity contribution in [3.05, 3.63) is 71.8 Å². The second-order valence-electron chi connectivity index (χ2n) is 9.45. The van der Waals surface area contributed by atoms with Crippen molar-refractivity contribution in [3.63, 3.8) is 0 Å². The molecule has 188 valence electrons. The quantitative estimate of drug-likeness (QED) is 0.201. The maximum absolute atomic E-state index is 3.94. The van der Waals surface area contributed by atoms with Gasteiger partial charge >= 0.3 is 0 Å². The van der Waals surface area contributed by atoms with Crippen molar-refractivity contribution in [1.82, 2.24) is 4.90 Å². The highest BCUT2D eigenvalue weighted by Gasteiger charge is 2.21. The zero-order chi connectivity index (χ0) is 23.8. The largest absolute Gasteiger partial charge is 1.00 e. The maximum Gasteiger partial charge on any atom is 0.263 e. The zero-order valence-corrected chi connectivity index (χ0v) is 23.7. The molecule has 3 aromatic rings. The van der Waals surface area contributed by atoms with Gasteiger partial charge in [0.25, 0.3) is 5.01 Å². The van der Waals surface area contributed by atoms with Crippen molar-refractivity contribution < 1.29 is 21.5 Å². The number of unbranched alkanes of at least 4 members (excludes halogenated alkanes) is 3. The summed E-state index contributed by atoms with van der Waals surface area (Å²) < 4.78 is 3.65. The third-order valence-electron chi connectivity index (χ3n) is 7.04. The lowest BCUT2D eigenvalue weighted by Gasteiger charge is -2.39. The van der Waals surface area contributed by atoms with Crippen molar-refractivity contribution in [2.75, 3.05) is 31.1 Å². The number of nitrogens with zero attached hydrogens (tertiary/aromatic N) is 3. The highest BCUT2D eigenvalue weighted by Crippen LogP contribution is 2.23. The molecule has 0 amide bonds. The molecule has 3 nitrogen and oxygen atoms in total. The Morgan fingerprint density at radius 1 is 0.971 bits per heavy atom. The Morgan fingerprint density at radius 2 is 1.71 bits per heavy atom. The zero-order valence-electron chi connectivity index (χ0n) is 21.3. The van der Waals surface area contributed by atoms with Gasteiger partial charge in [0.2, 0.25) is 5.52 Å². The molecule has 5 heteroatoms. The molecular formula is C30H40BrN3S. The van der Waals surface area contributed by atoms with E-state index in [1.165, 1.54) is 71.7 Å². The molecule has 1 aliphatic heterocycles. The highest BCUT2D eigenvalue weighted by molar-refractivity contribution is 7.18. The van der Waals surface area contributed by atoms with Gasteiger partial charge in [-0.2, -0.15) is 4.57 Å². The third-order valence-corrected chi connectivity index (χ3v) is 8.17. The number of hydrogen-bond donors (Lipinski definition) is 0. The smallest absolute Gasteiger partial charge is 0.263 e. The van der Waals surface area contributed by atoms with E-state index < -0.39 is 0 Å². The Balaban J connectivity index is 0.00000342. The van der Waals surface area contributed by atoms with E-state index in [0.29, 0.717) is 6.04 Å². The molecule has 0 aliphatic carbocycles. The molecule has 1 atom stereocenters. The van der Waals surface area contributed by atoms with Crippen LogP contribution in [-0.4, -0.2) is 37.1 Å². The van der Waals surface area contributed by atoms with Crippen LogP contribution in [0, 0.1) is 0 Å². The Kier molecular flexibility index (Phi) is 11.0. The van der Waals surface area contributed by atoms with Crippen LogP contribution in [0.5, 0.6) is 0 Å². The minimum Gasteiger partial charge on any atom is -1.00 e. The van der Waals surface area contributed by atoms with Crippen LogP contribution in [0.15, 0.2) is 61.2 Å². The van der Waals surface area contributed by atoms with E-state index in [1.807, 2.05) is 17.4 Å². The van der Waals surface area contributed by atoms with E-state index in [4.69, 9.17) is 0 Å². The molecule has 0 radical (unpaired) electrons. The lowest BCUT2D eigenvalue weighted by molar-refractivity contribution is -0.658. The summed E-state index contributed by atoms with van der Waals surface area (Å²) in [5.41, 5.74) is 3.86. The van der Waals surface area contributed by atoms with Crippen LogP contribution in [-0.2, 0) is 6.54 Å². The minimum absolute atomic E-state index is 0. The van der Waals surface area contributed by atoms with Gasteiger partial charge in [-0.3, -0.25) is 4.90 Å². The van der Waals surface area contributed by atoms with Crippen molar-refractivity contribution in [1.29, 1.82) is 0 Å². The van der Waals surface area contributed by atoms with Crippen LogP contribution in [0.25, 0.3) is 22.4 Å². The number of halogens is 1. The predicted octanol–water partition coefficient (Wildman–Crippen LogP) is 4.03. The molecule has 1 unspecified atom stereocenters. The van der Waals surface area contributed by atoms with E-state index in [1.54, 1.807) is 0 Å². The second kappa shape index (κ2) is 14.0. The number of rotatable bonds is 11. The average molecular weight is 555 g/mol. The summed E-state index contributed by atoms with van der Waals surface area (Å²) >= 11 is 1.83. The van der Waals surface area contributed by atoms with Crippen LogP contribution >= 0.6 is 11.3 Å². The first kappa shape index (κ1) is 27.6. The molecule has 1 aromatic heterocycles.